The van der Waals surface area contributed by atoms with Crippen LogP contribution in [0.1, 0.15) is 6.42 Å². The third kappa shape index (κ3) is 5.05. The van der Waals surface area contributed by atoms with Crippen LogP contribution in [0, 0.1) is 5.92 Å². The van der Waals surface area contributed by atoms with Gasteiger partial charge >= 0.3 is 0 Å². The van der Waals surface area contributed by atoms with Crippen LogP contribution in [0.25, 0.3) is 11.0 Å². The summed E-state index contributed by atoms with van der Waals surface area (Å²) in [7, 11) is 2.15. The number of benzene rings is 1. The van der Waals surface area contributed by atoms with Gasteiger partial charge in [0.05, 0.1) is 0 Å². The van der Waals surface area contributed by atoms with Gasteiger partial charge in [-0.15, -0.1) is 0 Å². The predicted molar refractivity (Wildman–Crippen MR) is 138 cm³/mol. The van der Waals surface area contributed by atoms with Crippen molar-refractivity contribution in [2.24, 2.45) is 5.92 Å². The number of rotatable bonds is 7. The number of nitrogens with one attached hydrogen (secondary N) is 1. The van der Waals surface area contributed by atoms with Gasteiger partial charge in [0.15, 0.2) is 0 Å². The minimum Gasteiger partial charge on any atom is -0.369 e. The van der Waals surface area contributed by atoms with E-state index in [1.807, 2.05) is 12.1 Å². The van der Waals surface area contributed by atoms with Crippen LogP contribution >= 0.6 is 0 Å². The van der Waals surface area contributed by atoms with Crippen LogP contribution in [-0.2, 0) is 11.3 Å². The molecule has 9 heteroatoms. The maximum atomic E-state index is 12.6. The van der Waals surface area contributed by atoms with Crippen molar-refractivity contribution in [1.82, 2.24) is 24.3 Å². The summed E-state index contributed by atoms with van der Waals surface area (Å²) in [5, 5.41) is 4.09. The molecule has 0 spiro atoms. The molecular weight excluding hydrogens is 442 g/mol. The number of carbonyl (C=O) groups excluding carboxylic acids is 1. The zero-order chi connectivity index (χ0) is 24.4. The molecule has 0 unspecified atom stereocenters. The van der Waals surface area contributed by atoms with E-state index in [1.54, 1.807) is 27.8 Å². The fourth-order valence-corrected chi connectivity index (χ4v) is 4.67. The third-order valence-corrected chi connectivity index (χ3v) is 6.92. The fourth-order valence-electron chi connectivity index (χ4n) is 4.67. The maximum Gasteiger partial charge on any atom is 0.252 e. The van der Waals surface area contributed by atoms with E-state index in [2.05, 4.69) is 50.8 Å². The molecular formula is C26H31N7O2. The normalized spacial score (nSPS) is 16.8. The van der Waals surface area contributed by atoms with Crippen LogP contribution in [0.3, 0.4) is 0 Å². The number of aromatic nitrogens is 3. The van der Waals surface area contributed by atoms with E-state index < -0.39 is 0 Å². The first-order valence-corrected chi connectivity index (χ1v) is 12.1. The molecule has 2 aliphatic heterocycles. The predicted octanol–water partition coefficient (Wildman–Crippen LogP) is 2.32. The van der Waals surface area contributed by atoms with E-state index >= 15 is 0 Å². The lowest BCUT2D eigenvalue weighted by Gasteiger charge is -2.38. The van der Waals surface area contributed by atoms with Gasteiger partial charge in [0.2, 0.25) is 11.9 Å². The highest BCUT2D eigenvalue weighted by Gasteiger charge is 2.29. The van der Waals surface area contributed by atoms with Crippen LogP contribution in [0.15, 0.2) is 60.0 Å². The minimum atomic E-state index is -0.0861. The summed E-state index contributed by atoms with van der Waals surface area (Å²) in [6.45, 7) is 9.68. The molecule has 35 heavy (non-hydrogen) atoms. The van der Waals surface area contributed by atoms with Crippen molar-refractivity contribution in [3.8, 4) is 0 Å². The van der Waals surface area contributed by atoms with Crippen molar-refractivity contribution < 1.29 is 4.79 Å². The molecule has 1 N–H and O–H groups in total. The molecule has 1 amide bonds. The van der Waals surface area contributed by atoms with Crippen molar-refractivity contribution in [2.45, 2.75) is 13.0 Å². The van der Waals surface area contributed by atoms with Crippen LogP contribution in [-0.4, -0.2) is 76.6 Å². The maximum absolute atomic E-state index is 12.6. The Balaban J connectivity index is 1.28. The Labute approximate surface area is 204 Å². The average molecular weight is 474 g/mol. The van der Waals surface area contributed by atoms with Gasteiger partial charge in [-0.25, -0.2) is 4.98 Å². The van der Waals surface area contributed by atoms with Crippen LogP contribution < -0.4 is 15.8 Å². The van der Waals surface area contributed by atoms with E-state index in [0.717, 1.165) is 43.7 Å². The molecule has 2 aromatic heterocycles. The molecule has 1 aromatic carbocycles. The SMILES string of the molecule is C=CC(=O)N1CC(CCn2c(=O)ccc3cnc(Nc4ccc(N5CCN(C)CC5)cc4)nc32)C1. The van der Waals surface area contributed by atoms with Crippen molar-refractivity contribution in [1.29, 1.82) is 0 Å². The summed E-state index contributed by atoms with van der Waals surface area (Å²) in [5.41, 5.74) is 2.63. The number of hydrogen-bond acceptors (Lipinski definition) is 7. The lowest BCUT2D eigenvalue weighted by atomic mass is 9.96. The number of amides is 1. The van der Waals surface area contributed by atoms with Crippen molar-refractivity contribution >= 4 is 34.3 Å². The second kappa shape index (κ2) is 9.87. The third-order valence-electron chi connectivity index (χ3n) is 6.92. The molecule has 9 nitrogen and oxygen atoms in total. The van der Waals surface area contributed by atoms with Gasteiger partial charge in [0.1, 0.15) is 5.65 Å². The molecule has 0 radical (unpaired) electrons. The zero-order valence-corrected chi connectivity index (χ0v) is 20.1. The van der Waals surface area contributed by atoms with Gasteiger partial charge in [-0.3, -0.25) is 14.2 Å². The highest BCUT2D eigenvalue weighted by molar-refractivity contribution is 5.87. The first-order valence-electron chi connectivity index (χ1n) is 12.1. The molecule has 3 aromatic rings. The number of pyridine rings is 1. The summed E-state index contributed by atoms with van der Waals surface area (Å²) >= 11 is 0. The lowest BCUT2D eigenvalue weighted by Crippen LogP contribution is -2.49. The summed E-state index contributed by atoms with van der Waals surface area (Å²) in [4.78, 5) is 39.9. The number of likely N-dealkylation sites (tertiary alicyclic amines) is 1. The van der Waals surface area contributed by atoms with Gasteiger partial charge in [0, 0.05) is 74.8 Å². The number of piperazine rings is 1. The number of fused-ring (bicyclic) bond motifs is 1. The van der Waals surface area contributed by atoms with Crippen molar-refractivity contribution in [2.75, 3.05) is 56.5 Å². The first kappa shape index (κ1) is 23.0. The molecule has 0 atom stereocenters. The molecule has 182 valence electrons. The second-order valence-corrected chi connectivity index (χ2v) is 9.36. The number of anilines is 3. The Morgan fingerprint density at radius 3 is 2.57 bits per heavy atom. The smallest absolute Gasteiger partial charge is 0.252 e. The summed E-state index contributed by atoms with van der Waals surface area (Å²) < 4.78 is 1.71. The Bertz CT molecular complexity index is 1270. The van der Waals surface area contributed by atoms with Gasteiger partial charge in [-0.2, -0.15) is 4.98 Å². The number of nitrogens with zero attached hydrogens (tertiary/aromatic N) is 6. The highest BCUT2D eigenvalue weighted by atomic mass is 16.2. The number of likely N-dealkylation sites (N-methyl/N-ethyl adjacent to an activating group) is 1. The van der Waals surface area contributed by atoms with Crippen LogP contribution in [0.2, 0.25) is 0 Å². The Morgan fingerprint density at radius 2 is 1.86 bits per heavy atom. The second-order valence-electron chi connectivity index (χ2n) is 9.36. The number of aryl methyl sites for hydroxylation is 1. The van der Waals surface area contributed by atoms with Crippen molar-refractivity contribution in [3.63, 3.8) is 0 Å². The molecule has 2 aliphatic rings. The number of hydrogen-bond donors (Lipinski definition) is 1. The average Bonchev–Trinajstić information content (AvgIpc) is 2.85. The molecule has 0 bridgehead atoms. The molecule has 2 fully saturated rings. The first-order chi connectivity index (χ1) is 17.0. The monoisotopic (exact) mass is 473 g/mol. The van der Waals surface area contributed by atoms with E-state index in [9.17, 15) is 9.59 Å². The lowest BCUT2D eigenvalue weighted by molar-refractivity contribution is -0.132. The summed E-state index contributed by atoms with van der Waals surface area (Å²) in [6, 6.07) is 11.6. The quantitative estimate of drug-likeness (QED) is 0.527. The Kier molecular flexibility index (Phi) is 6.50. The molecule has 5 rings (SSSR count). The molecule has 2 saturated heterocycles. The molecule has 4 heterocycles. The zero-order valence-electron chi connectivity index (χ0n) is 20.1. The van der Waals surface area contributed by atoms with Crippen molar-refractivity contribution in [3.05, 3.63) is 65.6 Å². The fraction of sp³-hybridized carbons (Fsp3) is 0.385. The Morgan fingerprint density at radius 1 is 1.11 bits per heavy atom. The standard InChI is InChI=1S/C26H31N7O2/c1-3-23(34)32-17-19(18-32)10-11-33-24(35)9-4-20-16-27-26(29-25(20)33)28-21-5-7-22(8-6-21)31-14-12-30(2)13-15-31/h3-9,16,19H,1,10-15,17-18H2,2H3,(H,27,28,29). The Hall–Kier alpha value is -3.72. The largest absolute Gasteiger partial charge is 0.369 e. The molecule has 0 saturated carbocycles. The number of carbonyl (C=O) groups is 1. The topological polar surface area (TPSA) is 86.6 Å². The van der Waals surface area contributed by atoms with Gasteiger partial charge in [0.25, 0.3) is 5.56 Å². The van der Waals surface area contributed by atoms with E-state index in [1.165, 1.54) is 11.8 Å². The van der Waals surface area contributed by atoms with Crippen LogP contribution in [0.5, 0.6) is 0 Å². The van der Waals surface area contributed by atoms with Gasteiger partial charge < -0.3 is 20.0 Å². The van der Waals surface area contributed by atoms with E-state index in [4.69, 9.17) is 0 Å². The van der Waals surface area contributed by atoms with E-state index in [-0.39, 0.29) is 11.5 Å². The summed E-state index contributed by atoms with van der Waals surface area (Å²) in [5.74, 6) is 0.790. The van der Waals surface area contributed by atoms with E-state index in [0.29, 0.717) is 37.1 Å². The van der Waals surface area contributed by atoms with Gasteiger partial charge in [-0.05, 0) is 55.8 Å². The molecule has 0 aliphatic carbocycles. The highest BCUT2D eigenvalue weighted by Crippen LogP contribution is 2.23. The minimum absolute atomic E-state index is 0.0383. The van der Waals surface area contributed by atoms with Crippen LogP contribution in [0.4, 0.5) is 17.3 Å². The summed E-state index contributed by atoms with van der Waals surface area (Å²) in [6.07, 6.45) is 3.89. The van der Waals surface area contributed by atoms with Gasteiger partial charge in [-0.1, -0.05) is 6.58 Å².